The van der Waals surface area contributed by atoms with E-state index in [9.17, 15) is 19.8 Å². The van der Waals surface area contributed by atoms with E-state index in [4.69, 9.17) is 5.73 Å². The maximum Gasteiger partial charge on any atom is 0.223 e. The molecule has 4 aliphatic rings. The van der Waals surface area contributed by atoms with Crippen LogP contribution in [0.5, 0.6) is 11.5 Å². The average molecular weight is 574 g/mol. The number of phenolic OH excluding ortho intramolecular Hbond substituents is 2. The summed E-state index contributed by atoms with van der Waals surface area (Å²) >= 11 is 1.28. The summed E-state index contributed by atoms with van der Waals surface area (Å²) in [6.45, 7) is 11.6. The van der Waals surface area contributed by atoms with Gasteiger partial charge in [0.15, 0.2) is 11.5 Å². The number of hydrogen-bond acceptors (Lipinski definition) is 5. The van der Waals surface area contributed by atoms with E-state index in [0.29, 0.717) is 11.5 Å². The highest BCUT2D eigenvalue weighted by Crippen LogP contribution is 2.75. The Morgan fingerprint density at radius 1 is 0.878 bits per heavy atom. The van der Waals surface area contributed by atoms with Crippen LogP contribution in [0, 0.1) is 27.6 Å². The number of allylic oxidation sites excluding steroid dienone is 1. The third-order valence-corrected chi connectivity index (χ3v) is 13.6. The summed E-state index contributed by atoms with van der Waals surface area (Å²) in [5.41, 5.74) is 8.99. The molecule has 5 nitrogen and oxygen atoms in total. The van der Waals surface area contributed by atoms with Crippen molar-refractivity contribution in [3.05, 3.63) is 70.8 Å². The van der Waals surface area contributed by atoms with Gasteiger partial charge < -0.3 is 15.9 Å². The average Bonchev–Trinajstić information content (AvgIpc) is 2.94. The zero-order valence-corrected chi connectivity index (χ0v) is 25.7. The highest BCUT2D eigenvalue weighted by atomic mass is 32.2. The lowest BCUT2D eigenvalue weighted by Gasteiger charge is -2.70. The first-order valence-corrected chi connectivity index (χ1v) is 15.9. The van der Waals surface area contributed by atoms with Crippen LogP contribution in [0.3, 0.4) is 0 Å². The van der Waals surface area contributed by atoms with E-state index in [2.05, 4.69) is 40.7 Å². The number of amides is 1. The van der Waals surface area contributed by atoms with Crippen molar-refractivity contribution in [3.8, 4) is 11.5 Å². The largest absolute Gasteiger partial charge is 0.504 e. The number of benzene rings is 2. The lowest BCUT2D eigenvalue weighted by molar-refractivity contribution is -0.166. The number of hydrogen-bond donors (Lipinski definition) is 3. The number of rotatable bonds is 3. The van der Waals surface area contributed by atoms with Gasteiger partial charge in [-0.3, -0.25) is 9.59 Å². The van der Waals surface area contributed by atoms with E-state index >= 15 is 0 Å². The maximum atomic E-state index is 13.5. The number of aromatic hydroxyl groups is 2. The number of carbonyl (C=O) groups is 2. The van der Waals surface area contributed by atoms with Gasteiger partial charge in [-0.25, -0.2) is 0 Å². The van der Waals surface area contributed by atoms with E-state index < -0.39 is 5.41 Å². The Labute approximate surface area is 248 Å². The second kappa shape index (κ2) is 9.13. The number of phenols is 2. The Morgan fingerprint density at radius 2 is 1.54 bits per heavy atom. The van der Waals surface area contributed by atoms with Crippen molar-refractivity contribution in [3.63, 3.8) is 0 Å². The molecule has 4 aliphatic carbocycles. The van der Waals surface area contributed by atoms with Gasteiger partial charge in [0.1, 0.15) is 0 Å². The first-order chi connectivity index (χ1) is 19.2. The molecule has 0 saturated heterocycles. The van der Waals surface area contributed by atoms with E-state index in [0.717, 1.165) is 56.1 Å². The first kappa shape index (κ1) is 28.4. The zero-order chi connectivity index (χ0) is 29.6. The summed E-state index contributed by atoms with van der Waals surface area (Å²) in [6, 6.07) is 12.7. The molecule has 6 rings (SSSR count). The molecular weight excluding hydrogens is 530 g/mol. The van der Waals surface area contributed by atoms with Gasteiger partial charge in [0.25, 0.3) is 0 Å². The summed E-state index contributed by atoms with van der Waals surface area (Å²) in [4.78, 5) is 26.2. The van der Waals surface area contributed by atoms with Gasteiger partial charge in [0.2, 0.25) is 11.0 Å². The maximum absolute atomic E-state index is 13.5. The summed E-state index contributed by atoms with van der Waals surface area (Å²) in [5.74, 6) is -0.121. The van der Waals surface area contributed by atoms with Crippen LogP contribution in [0.4, 0.5) is 0 Å². The highest BCUT2D eigenvalue weighted by molar-refractivity contribution is 8.14. The minimum absolute atomic E-state index is 0.0148. The second-order valence-electron chi connectivity index (χ2n) is 14.6. The van der Waals surface area contributed by atoms with Gasteiger partial charge in [-0.1, -0.05) is 88.4 Å². The number of carbonyl (C=O) groups excluding carboxylic acids is 2. The van der Waals surface area contributed by atoms with Crippen LogP contribution in [-0.2, 0) is 10.2 Å². The van der Waals surface area contributed by atoms with Crippen LogP contribution < -0.4 is 5.73 Å². The van der Waals surface area contributed by atoms with Crippen molar-refractivity contribution >= 4 is 22.8 Å². The fourth-order valence-corrected chi connectivity index (χ4v) is 10.5. The number of primary amides is 1. The monoisotopic (exact) mass is 573 g/mol. The first-order valence-electron chi connectivity index (χ1n) is 15.0. The van der Waals surface area contributed by atoms with Crippen molar-refractivity contribution in [1.82, 2.24) is 0 Å². The Bertz CT molecular complexity index is 1470. The minimum atomic E-state index is -0.496. The quantitative estimate of drug-likeness (QED) is 0.257. The molecule has 2 aromatic rings. The predicted molar refractivity (Wildman–Crippen MR) is 164 cm³/mol. The smallest absolute Gasteiger partial charge is 0.223 e. The fourth-order valence-electron chi connectivity index (χ4n) is 9.45. The zero-order valence-electron chi connectivity index (χ0n) is 24.9. The molecule has 4 N–H and O–H groups in total. The number of fused-ring (bicyclic) bond motifs is 7. The molecule has 1 amide bonds. The topological polar surface area (TPSA) is 101 Å². The van der Waals surface area contributed by atoms with Crippen molar-refractivity contribution in [2.75, 3.05) is 0 Å². The normalized spacial score (nSPS) is 39.4. The number of nitrogens with two attached hydrogens (primary N) is 1. The van der Waals surface area contributed by atoms with E-state index in [1.165, 1.54) is 17.3 Å². The summed E-state index contributed by atoms with van der Waals surface area (Å²) < 4.78 is 0. The third-order valence-electron chi connectivity index (χ3n) is 12.5. The molecule has 3 saturated carbocycles. The van der Waals surface area contributed by atoms with Crippen molar-refractivity contribution in [2.24, 2.45) is 33.3 Å². The van der Waals surface area contributed by atoms with Gasteiger partial charge in [-0.05, 0) is 90.4 Å². The molecule has 0 bridgehead atoms. The van der Waals surface area contributed by atoms with Gasteiger partial charge in [-0.15, -0.1) is 0 Å². The van der Waals surface area contributed by atoms with E-state index in [1.54, 1.807) is 12.1 Å². The molecule has 2 aromatic carbocycles. The van der Waals surface area contributed by atoms with Gasteiger partial charge >= 0.3 is 0 Å². The molecular formula is C35H43NO4S. The summed E-state index contributed by atoms with van der Waals surface area (Å²) in [6.07, 6.45) is 9.00. The Morgan fingerprint density at radius 3 is 2.22 bits per heavy atom. The van der Waals surface area contributed by atoms with Crippen LogP contribution in [0.15, 0.2) is 54.1 Å². The van der Waals surface area contributed by atoms with Gasteiger partial charge in [0.05, 0.1) is 5.25 Å². The van der Waals surface area contributed by atoms with Gasteiger partial charge in [-0.2, -0.15) is 0 Å². The molecule has 3 fully saturated rings. The molecule has 0 aromatic heterocycles. The molecule has 1 unspecified atom stereocenters. The van der Waals surface area contributed by atoms with Crippen molar-refractivity contribution < 1.29 is 19.8 Å². The highest BCUT2D eigenvalue weighted by Gasteiger charge is 2.67. The SMILES string of the molecule is C[C@@]1(C(N)=O)CC[C@]2(C)CC[C@]3(C)C4=CC(SC(=O)c5ccccc5)c5cc(O)c(O)cc5[C@]4(C)CC[C@@]3(C)[C@@H]2C1. The minimum Gasteiger partial charge on any atom is -0.504 e. The Kier molecular flexibility index (Phi) is 6.32. The molecule has 6 heteroatoms. The summed E-state index contributed by atoms with van der Waals surface area (Å²) in [7, 11) is 0. The fraction of sp³-hybridized carbons (Fsp3) is 0.543. The third kappa shape index (κ3) is 3.96. The van der Waals surface area contributed by atoms with Crippen LogP contribution in [-0.4, -0.2) is 21.2 Å². The predicted octanol–water partition coefficient (Wildman–Crippen LogP) is 7.81. The number of thioether (sulfide) groups is 1. The van der Waals surface area contributed by atoms with Crippen LogP contribution >= 0.6 is 11.8 Å². The van der Waals surface area contributed by atoms with Crippen LogP contribution in [0.1, 0.15) is 106 Å². The molecule has 0 spiro atoms. The molecule has 7 atom stereocenters. The van der Waals surface area contributed by atoms with Crippen molar-refractivity contribution in [1.29, 1.82) is 0 Å². The molecule has 0 aliphatic heterocycles. The molecule has 218 valence electrons. The Hall–Kier alpha value is -2.73. The molecule has 0 radical (unpaired) electrons. The Balaban J connectivity index is 1.49. The van der Waals surface area contributed by atoms with Crippen molar-refractivity contribution in [2.45, 2.75) is 90.2 Å². The molecule has 41 heavy (non-hydrogen) atoms. The second-order valence-corrected chi connectivity index (χ2v) is 15.7. The van der Waals surface area contributed by atoms with Gasteiger partial charge in [0, 0.05) is 16.4 Å². The van der Waals surface area contributed by atoms with Crippen LogP contribution in [0.25, 0.3) is 0 Å². The lowest BCUT2D eigenvalue weighted by atomic mass is 9.34. The lowest BCUT2D eigenvalue weighted by Crippen LogP contribution is -2.63. The van der Waals surface area contributed by atoms with E-state index in [1.807, 2.05) is 30.3 Å². The van der Waals surface area contributed by atoms with Crippen LogP contribution in [0.2, 0.25) is 0 Å². The standard InChI is InChI=1S/C35H43NO4S/c1-31-11-12-32(2,30(36)40)20-28(31)35(5)16-14-33(3)23-18-25(38)24(37)17-22(23)26(19-27(33)34(35,4)15-13-31)41-29(39)21-9-7-6-8-10-21/h6-10,17-19,26,28,37-38H,11-16,20H2,1-5H3,(H2,36,40)/t26?,28-,31-,32-,33+,34-,35+/m1/s1. The molecule has 0 heterocycles. The summed E-state index contributed by atoms with van der Waals surface area (Å²) in [5, 5.41) is 20.9. The van der Waals surface area contributed by atoms with E-state index in [-0.39, 0.29) is 49.4 Å².